The lowest BCUT2D eigenvalue weighted by Crippen LogP contribution is -2.25. The molecule has 8 heteroatoms. The second-order valence-electron chi connectivity index (χ2n) is 5.13. The van der Waals surface area contributed by atoms with E-state index in [-0.39, 0.29) is 11.5 Å². The maximum atomic E-state index is 12.4. The first-order valence-corrected chi connectivity index (χ1v) is 9.28. The van der Waals surface area contributed by atoms with Crippen LogP contribution in [-0.4, -0.2) is 39.1 Å². The Morgan fingerprint density at radius 2 is 2.04 bits per heavy atom. The average molecular weight is 373 g/mol. The molecule has 0 saturated heterocycles. The number of ketones is 1. The number of rotatable bonds is 7. The van der Waals surface area contributed by atoms with Gasteiger partial charge in [0.15, 0.2) is 5.78 Å². The number of aromatic nitrogens is 2. The van der Waals surface area contributed by atoms with Gasteiger partial charge in [0.25, 0.3) is 0 Å². The molecule has 0 aliphatic carbocycles. The Balaban J connectivity index is 1.63. The first kappa shape index (κ1) is 17.5. The van der Waals surface area contributed by atoms with E-state index in [1.54, 1.807) is 30.7 Å². The van der Waals surface area contributed by atoms with Crippen molar-refractivity contribution in [2.75, 3.05) is 12.4 Å². The Morgan fingerprint density at radius 1 is 1.20 bits per heavy atom. The third-order valence-electron chi connectivity index (χ3n) is 3.41. The van der Waals surface area contributed by atoms with Crippen LogP contribution in [0.1, 0.15) is 14.5 Å². The van der Waals surface area contributed by atoms with Gasteiger partial charge in [-0.2, -0.15) is 0 Å². The maximum Gasteiger partial charge on any atom is 0.246 e. The Bertz CT molecular complexity index is 906. The predicted octanol–water partition coefficient (Wildman–Crippen LogP) is 2.27. The van der Waals surface area contributed by atoms with Gasteiger partial charge in [0.2, 0.25) is 5.91 Å². The number of hydrogen-bond donors (Lipinski definition) is 2. The third-order valence-corrected chi connectivity index (χ3v) is 5.54. The molecule has 25 heavy (non-hydrogen) atoms. The predicted molar refractivity (Wildman–Crippen MR) is 97.8 cm³/mol. The number of hydrogen-bond acceptors (Lipinski definition) is 7. The van der Waals surface area contributed by atoms with E-state index in [0.717, 1.165) is 20.7 Å². The van der Waals surface area contributed by atoms with Crippen LogP contribution in [0.15, 0.2) is 47.9 Å². The summed E-state index contributed by atoms with van der Waals surface area (Å²) in [6, 6.07) is 7.39. The highest BCUT2D eigenvalue weighted by Crippen LogP contribution is 2.26. The van der Waals surface area contributed by atoms with Gasteiger partial charge in [-0.1, -0.05) is 11.8 Å². The van der Waals surface area contributed by atoms with Crippen LogP contribution in [0.4, 0.5) is 0 Å². The highest BCUT2D eigenvalue weighted by Gasteiger charge is 2.12. The molecule has 0 aliphatic rings. The average Bonchev–Trinajstić information content (AvgIpc) is 3.13. The molecule has 0 spiro atoms. The number of aliphatic hydroxyl groups excluding tert-OH is 1. The number of Topliss-reactive ketones (excluding diaryl/α,β-unsaturated/α-hetero) is 1. The van der Waals surface area contributed by atoms with Crippen LogP contribution in [0.3, 0.4) is 0 Å². The van der Waals surface area contributed by atoms with E-state index >= 15 is 0 Å². The van der Waals surface area contributed by atoms with E-state index in [9.17, 15) is 9.59 Å². The second-order valence-corrected chi connectivity index (χ2v) is 7.26. The number of nitrogens with one attached hydrogen (secondary N) is 1. The summed E-state index contributed by atoms with van der Waals surface area (Å²) in [6.45, 7) is -0.234. The van der Waals surface area contributed by atoms with Crippen LogP contribution in [-0.2, 0) is 11.3 Å². The van der Waals surface area contributed by atoms with Crippen molar-refractivity contribution in [1.82, 2.24) is 15.3 Å². The summed E-state index contributed by atoms with van der Waals surface area (Å²) in [5, 5.41) is 14.0. The number of nitrogens with zero attached hydrogens (tertiary/aromatic N) is 2. The molecule has 0 bridgehead atoms. The summed E-state index contributed by atoms with van der Waals surface area (Å²) >= 11 is 2.73. The fourth-order valence-electron chi connectivity index (χ4n) is 2.17. The number of amides is 1. The Labute approximate surface area is 152 Å². The quantitative estimate of drug-likeness (QED) is 0.488. The summed E-state index contributed by atoms with van der Waals surface area (Å²) in [6.07, 6.45) is 5.20. The summed E-state index contributed by atoms with van der Waals surface area (Å²) in [7, 11) is 0. The summed E-state index contributed by atoms with van der Waals surface area (Å²) < 4.78 is 0. The smallest absolute Gasteiger partial charge is 0.246 e. The highest BCUT2D eigenvalue weighted by molar-refractivity contribution is 8.00. The molecule has 0 radical (unpaired) electrons. The topological polar surface area (TPSA) is 92.2 Å². The van der Waals surface area contributed by atoms with Crippen molar-refractivity contribution in [3.8, 4) is 0 Å². The number of pyridine rings is 2. The first-order chi connectivity index (χ1) is 12.2. The first-order valence-electron chi connectivity index (χ1n) is 7.48. The molecule has 3 aromatic rings. The molecule has 2 N–H and O–H groups in total. The van der Waals surface area contributed by atoms with E-state index in [4.69, 9.17) is 5.11 Å². The van der Waals surface area contributed by atoms with Gasteiger partial charge in [-0.15, -0.1) is 11.3 Å². The molecule has 128 valence electrons. The zero-order valence-corrected chi connectivity index (χ0v) is 14.8. The van der Waals surface area contributed by atoms with Gasteiger partial charge in [0, 0.05) is 28.9 Å². The summed E-state index contributed by atoms with van der Waals surface area (Å²) in [5.74, 6) is -0.144. The normalized spacial score (nSPS) is 10.8. The summed E-state index contributed by atoms with van der Waals surface area (Å²) in [4.78, 5) is 33.4. The molecule has 3 rings (SSSR count). The van der Waals surface area contributed by atoms with E-state index in [0.29, 0.717) is 11.4 Å². The molecule has 1 amide bonds. The van der Waals surface area contributed by atoms with E-state index < -0.39 is 12.5 Å². The molecule has 0 fully saturated rings. The molecule has 0 atom stereocenters. The van der Waals surface area contributed by atoms with Crippen molar-refractivity contribution < 1.29 is 14.7 Å². The van der Waals surface area contributed by atoms with Crippen LogP contribution in [0.2, 0.25) is 0 Å². The van der Waals surface area contributed by atoms with Crippen LogP contribution in [0.5, 0.6) is 0 Å². The van der Waals surface area contributed by atoms with Crippen molar-refractivity contribution in [1.29, 1.82) is 0 Å². The van der Waals surface area contributed by atoms with Gasteiger partial charge in [-0.05, 0) is 29.7 Å². The van der Waals surface area contributed by atoms with Gasteiger partial charge in [-0.3, -0.25) is 14.6 Å². The number of fused-ring (bicyclic) bond motifs is 1. The lowest BCUT2D eigenvalue weighted by molar-refractivity contribution is -0.123. The number of carbonyl (C=O) groups excluding carboxylic acids is 2. The molecule has 0 aromatic carbocycles. The maximum absolute atomic E-state index is 12.4. The molecule has 0 unspecified atom stereocenters. The van der Waals surface area contributed by atoms with Gasteiger partial charge in [0.1, 0.15) is 11.6 Å². The van der Waals surface area contributed by atoms with Crippen molar-refractivity contribution in [3.63, 3.8) is 0 Å². The molecule has 6 nitrogen and oxygen atoms in total. The number of thioether (sulfide) groups is 1. The number of aliphatic hydroxyl groups is 1. The van der Waals surface area contributed by atoms with Crippen LogP contribution in [0, 0.1) is 0 Å². The lowest BCUT2D eigenvalue weighted by atomic mass is 10.2. The highest BCUT2D eigenvalue weighted by atomic mass is 32.2. The zero-order valence-electron chi connectivity index (χ0n) is 13.1. The fraction of sp³-hybridized carbons (Fsp3) is 0.176. The molecule has 0 aliphatic heterocycles. The fourth-order valence-corrected chi connectivity index (χ4v) is 4.03. The number of thiophene rings is 1. The second kappa shape index (κ2) is 8.19. The van der Waals surface area contributed by atoms with Crippen LogP contribution in [0.25, 0.3) is 10.8 Å². The third kappa shape index (κ3) is 4.41. The van der Waals surface area contributed by atoms with Crippen LogP contribution >= 0.6 is 23.1 Å². The monoisotopic (exact) mass is 373 g/mol. The molecule has 3 heterocycles. The Kier molecular flexibility index (Phi) is 5.75. The minimum Gasteiger partial charge on any atom is -0.387 e. The standard InChI is InChI=1S/C17H15N3O3S2/c21-9-16(23)20-7-12-1-2-15(25-12)14(22)10-24-17-13-8-18-5-3-11(13)4-6-19-17/h1-6,8,21H,7,9-10H2,(H,20,23). The van der Waals surface area contributed by atoms with Crippen molar-refractivity contribution >= 4 is 45.6 Å². The van der Waals surface area contributed by atoms with Crippen molar-refractivity contribution in [3.05, 3.63) is 52.6 Å². The van der Waals surface area contributed by atoms with E-state index in [1.165, 1.54) is 23.1 Å². The van der Waals surface area contributed by atoms with Crippen LogP contribution < -0.4 is 5.32 Å². The van der Waals surface area contributed by atoms with Gasteiger partial charge in [-0.25, -0.2) is 4.98 Å². The molecule has 3 aromatic heterocycles. The van der Waals surface area contributed by atoms with Crippen molar-refractivity contribution in [2.45, 2.75) is 11.6 Å². The molecule has 0 saturated carbocycles. The largest absolute Gasteiger partial charge is 0.387 e. The van der Waals surface area contributed by atoms with Crippen molar-refractivity contribution in [2.24, 2.45) is 0 Å². The Morgan fingerprint density at radius 3 is 2.88 bits per heavy atom. The van der Waals surface area contributed by atoms with E-state index in [2.05, 4.69) is 15.3 Å². The van der Waals surface area contributed by atoms with Gasteiger partial charge in [0.05, 0.1) is 17.2 Å². The molecular formula is C17H15N3O3S2. The number of carbonyl (C=O) groups is 2. The minimum atomic E-state index is -0.541. The van der Waals surface area contributed by atoms with E-state index in [1.807, 2.05) is 12.1 Å². The minimum absolute atomic E-state index is 0.0115. The summed E-state index contributed by atoms with van der Waals surface area (Å²) in [5.41, 5.74) is 0. The van der Waals surface area contributed by atoms with Gasteiger partial charge < -0.3 is 10.4 Å². The SMILES string of the molecule is O=C(CO)NCc1ccc(C(=O)CSc2nccc3ccncc23)s1. The lowest BCUT2D eigenvalue weighted by Gasteiger charge is -2.03. The Hall–Kier alpha value is -2.29. The van der Waals surface area contributed by atoms with Gasteiger partial charge >= 0.3 is 0 Å². The molecular weight excluding hydrogens is 358 g/mol. The zero-order chi connectivity index (χ0) is 17.6.